The third-order valence-corrected chi connectivity index (χ3v) is 3.34. The maximum atomic E-state index is 10.7. The fourth-order valence-corrected chi connectivity index (χ4v) is 2.17. The van der Waals surface area contributed by atoms with Gasteiger partial charge in [0.05, 0.1) is 10.6 Å². The van der Waals surface area contributed by atoms with Crippen molar-refractivity contribution in [2.75, 3.05) is 0 Å². The second kappa shape index (κ2) is 6.15. The Morgan fingerprint density at radius 1 is 1.16 bits per heavy atom. The summed E-state index contributed by atoms with van der Waals surface area (Å²) in [6.45, 7) is 1.92. The minimum atomic E-state index is -0.405. The Hall–Kier alpha value is -2.14. The van der Waals surface area contributed by atoms with Gasteiger partial charge >= 0.3 is 0 Å². The van der Waals surface area contributed by atoms with E-state index in [4.69, 9.17) is 0 Å². The number of nitro groups is 1. The molecule has 0 aliphatic carbocycles. The van der Waals surface area contributed by atoms with Crippen molar-refractivity contribution in [2.45, 2.75) is 11.8 Å². The Kier molecular flexibility index (Phi) is 4.30. The molecule has 4 nitrogen and oxygen atoms in total. The van der Waals surface area contributed by atoms with Crippen molar-refractivity contribution in [3.63, 3.8) is 0 Å². The number of nitrogens with zero attached hydrogens (tertiary/aromatic N) is 2. The van der Waals surface area contributed by atoms with Crippen molar-refractivity contribution >= 4 is 23.3 Å². The molecule has 2 rings (SSSR count). The van der Waals surface area contributed by atoms with Crippen LogP contribution in [0.2, 0.25) is 0 Å². The van der Waals surface area contributed by atoms with E-state index in [0.29, 0.717) is 0 Å². The molecule has 0 fully saturated rings. The Morgan fingerprint density at radius 3 is 2.58 bits per heavy atom. The van der Waals surface area contributed by atoms with Crippen LogP contribution in [-0.4, -0.2) is 10.6 Å². The SMILES string of the molecule is C/C(=N\Sc1cccc([N+](=O)[O-])c1)c1ccccc1. The van der Waals surface area contributed by atoms with Gasteiger partial charge in [-0.3, -0.25) is 10.1 Å². The van der Waals surface area contributed by atoms with Gasteiger partial charge in [0.15, 0.2) is 0 Å². The topological polar surface area (TPSA) is 55.5 Å². The molecule has 2 aromatic rings. The van der Waals surface area contributed by atoms with Crippen molar-refractivity contribution in [1.29, 1.82) is 0 Å². The van der Waals surface area contributed by atoms with Crippen molar-refractivity contribution < 1.29 is 4.92 Å². The maximum Gasteiger partial charge on any atom is 0.270 e. The van der Waals surface area contributed by atoms with E-state index in [1.807, 2.05) is 37.3 Å². The molecule has 19 heavy (non-hydrogen) atoms. The van der Waals surface area contributed by atoms with Gasteiger partial charge in [0.2, 0.25) is 0 Å². The van der Waals surface area contributed by atoms with Crippen LogP contribution < -0.4 is 0 Å². The molecule has 96 valence electrons. The van der Waals surface area contributed by atoms with Crippen LogP contribution in [0, 0.1) is 10.1 Å². The van der Waals surface area contributed by atoms with Crippen LogP contribution in [0.5, 0.6) is 0 Å². The van der Waals surface area contributed by atoms with Crippen LogP contribution >= 0.6 is 11.9 Å². The monoisotopic (exact) mass is 272 g/mol. The van der Waals surface area contributed by atoms with Crippen LogP contribution in [-0.2, 0) is 0 Å². The fraction of sp³-hybridized carbons (Fsp3) is 0.0714. The first kappa shape index (κ1) is 13.3. The summed E-state index contributed by atoms with van der Waals surface area (Å²) in [6, 6.07) is 16.3. The lowest BCUT2D eigenvalue weighted by atomic mass is 10.1. The number of hydrogen-bond donors (Lipinski definition) is 0. The average Bonchev–Trinajstić information content (AvgIpc) is 2.46. The minimum Gasteiger partial charge on any atom is -0.258 e. The summed E-state index contributed by atoms with van der Waals surface area (Å²) in [7, 11) is 0. The van der Waals surface area contributed by atoms with E-state index < -0.39 is 4.92 Å². The first-order chi connectivity index (χ1) is 9.16. The predicted molar refractivity (Wildman–Crippen MR) is 77.6 cm³/mol. The number of rotatable bonds is 4. The van der Waals surface area contributed by atoms with Crippen LogP contribution in [0.1, 0.15) is 12.5 Å². The molecule has 2 aromatic carbocycles. The van der Waals surface area contributed by atoms with Gasteiger partial charge in [0.1, 0.15) is 0 Å². The summed E-state index contributed by atoms with van der Waals surface area (Å²) < 4.78 is 4.38. The van der Waals surface area contributed by atoms with Gasteiger partial charge in [-0.2, -0.15) is 0 Å². The van der Waals surface area contributed by atoms with Gasteiger partial charge in [-0.15, -0.1) is 0 Å². The maximum absolute atomic E-state index is 10.7. The lowest BCUT2D eigenvalue weighted by Gasteiger charge is -2.00. The highest BCUT2D eigenvalue weighted by Gasteiger charge is 2.05. The molecule has 0 spiro atoms. The zero-order valence-corrected chi connectivity index (χ0v) is 11.1. The van der Waals surface area contributed by atoms with Gasteiger partial charge in [-0.25, -0.2) is 4.40 Å². The molecule has 0 aliphatic rings. The average molecular weight is 272 g/mol. The second-order valence-corrected chi connectivity index (χ2v) is 4.73. The first-order valence-electron chi connectivity index (χ1n) is 5.68. The number of hydrogen-bond acceptors (Lipinski definition) is 4. The highest BCUT2D eigenvalue weighted by molar-refractivity contribution is 7.98. The molecule has 0 heterocycles. The van der Waals surface area contributed by atoms with E-state index in [0.717, 1.165) is 16.2 Å². The number of benzene rings is 2. The van der Waals surface area contributed by atoms with Crippen molar-refractivity contribution in [1.82, 2.24) is 0 Å². The molecule has 0 saturated heterocycles. The van der Waals surface area contributed by atoms with Crippen LogP contribution in [0.4, 0.5) is 5.69 Å². The minimum absolute atomic E-state index is 0.0811. The Bertz CT molecular complexity index is 612. The normalized spacial score (nSPS) is 11.3. The zero-order valence-electron chi connectivity index (χ0n) is 10.3. The van der Waals surface area contributed by atoms with Crippen LogP contribution in [0.15, 0.2) is 63.9 Å². The van der Waals surface area contributed by atoms with Crippen molar-refractivity contribution in [2.24, 2.45) is 4.40 Å². The smallest absolute Gasteiger partial charge is 0.258 e. The largest absolute Gasteiger partial charge is 0.270 e. The van der Waals surface area contributed by atoms with Gasteiger partial charge in [-0.1, -0.05) is 36.4 Å². The van der Waals surface area contributed by atoms with Crippen LogP contribution in [0.25, 0.3) is 0 Å². The molecule has 0 unspecified atom stereocenters. The lowest BCUT2D eigenvalue weighted by Crippen LogP contribution is -1.92. The third-order valence-electron chi connectivity index (χ3n) is 2.51. The van der Waals surface area contributed by atoms with E-state index in [1.165, 1.54) is 24.1 Å². The van der Waals surface area contributed by atoms with Gasteiger partial charge < -0.3 is 0 Å². The molecule has 0 N–H and O–H groups in total. The predicted octanol–water partition coefficient (Wildman–Crippen LogP) is 4.11. The summed E-state index contributed by atoms with van der Waals surface area (Å²) in [4.78, 5) is 11.0. The second-order valence-electron chi connectivity index (χ2n) is 3.89. The molecule has 0 aliphatic heterocycles. The molecule has 0 atom stereocenters. The van der Waals surface area contributed by atoms with Gasteiger partial charge in [-0.05, 0) is 18.6 Å². The standard InChI is InChI=1S/C14H12N2O2S/c1-11(12-6-3-2-4-7-12)15-19-14-9-5-8-13(10-14)16(17)18/h2-10H,1H3/b15-11+. The molecule has 0 aromatic heterocycles. The summed E-state index contributed by atoms with van der Waals surface area (Å²) in [5.41, 5.74) is 2.01. The number of nitro benzene ring substituents is 1. The Morgan fingerprint density at radius 2 is 1.89 bits per heavy atom. The van der Waals surface area contributed by atoms with Gasteiger partial charge in [0.25, 0.3) is 5.69 Å². The summed E-state index contributed by atoms with van der Waals surface area (Å²) in [6.07, 6.45) is 0. The van der Waals surface area contributed by atoms with E-state index in [-0.39, 0.29) is 5.69 Å². The highest BCUT2D eigenvalue weighted by atomic mass is 32.2. The quantitative estimate of drug-likeness (QED) is 0.364. The molecule has 0 bridgehead atoms. The Labute approximate surface area is 115 Å². The Balaban J connectivity index is 2.14. The van der Waals surface area contributed by atoms with E-state index in [1.54, 1.807) is 12.1 Å². The van der Waals surface area contributed by atoms with E-state index >= 15 is 0 Å². The molecule has 0 radical (unpaired) electrons. The van der Waals surface area contributed by atoms with Crippen molar-refractivity contribution in [3.8, 4) is 0 Å². The van der Waals surface area contributed by atoms with E-state index in [2.05, 4.69) is 4.40 Å². The molecule has 5 heteroatoms. The molecule has 0 saturated carbocycles. The number of non-ortho nitro benzene ring substituents is 1. The summed E-state index contributed by atoms with van der Waals surface area (Å²) in [5, 5.41) is 10.7. The molecule has 0 amide bonds. The van der Waals surface area contributed by atoms with E-state index in [9.17, 15) is 10.1 Å². The lowest BCUT2D eigenvalue weighted by molar-refractivity contribution is -0.385. The van der Waals surface area contributed by atoms with Crippen molar-refractivity contribution in [3.05, 3.63) is 70.3 Å². The first-order valence-corrected chi connectivity index (χ1v) is 6.45. The molecular weight excluding hydrogens is 260 g/mol. The van der Waals surface area contributed by atoms with Crippen LogP contribution in [0.3, 0.4) is 0 Å². The van der Waals surface area contributed by atoms with Gasteiger partial charge in [0, 0.05) is 29.0 Å². The highest BCUT2D eigenvalue weighted by Crippen LogP contribution is 2.24. The summed E-state index contributed by atoms with van der Waals surface area (Å²) in [5.74, 6) is 0. The molecular formula is C14H12N2O2S. The fourth-order valence-electron chi connectivity index (χ4n) is 1.51. The summed E-state index contributed by atoms with van der Waals surface area (Å²) >= 11 is 1.24. The third kappa shape index (κ3) is 3.66. The zero-order chi connectivity index (χ0) is 13.7.